The summed E-state index contributed by atoms with van der Waals surface area (Å²) < 4.78 is 2.04. The molecule has 4 saturated heterocycles. The van der Waals surface area contributed by atoms with Gasteiger partial charge in [-0.1, -0.05) is 171 Å². The van der Waals surface area contributed by atoms with Crippen molar-refractivity contribution in [2.45, 2.75) is 32.9 Å². The average Bonchev–Trinajstić information content (AvgIpc) is 3.69. The third-order valence-electron chi connectivity index (χ3n) is 15.5. The van der Waals surface area contributed by atoms with Crippen LogP contribution >= 0.6 is 31.9 Å². The monoisotopic (exact) mass is 1270 g/mol. The lowest BCUT2D eigenvalue weighted by atomic mass is 9.97. The van der Waals surface area contributed by atoms with E-state index >= 15 is 0 Å². The highest BCUT2D eigenvalue weighted by atomic mass is 79.9. The van der Waals surface area contributed by atoms with Gasteiger partial charge in [0.25, 0.3) is 17.7 Å². The van der Waals surface area contributed by atoms with Gasteiger partial charge in [0, 0.05) is 116 Å². The molecule has 0 radical (unpaired) electrons. The molecule has 3 amide bonds. The fourth-order valence-corrected chi connectivity index (χ4v) is 11.2. The van der Waals surface area contributed by atoms with E-state index in [4.69, 9.17) is 10.2 Å². The molecule has 0 aromatic heterocycles. The summed E-state index contributed by atoms with van der Waals surface area (Å²) in [6.45, 7) is 16.2. The summed E-state index contributed by atoms with van der Waals surface area (Å²) >= 11 is 6.56. The van der Waals surface area contributed by atoms with Crippen LogP contribution in [0.25, 0.3) is 22.3 Å². The van der Waals surface area contributed by atoms with E-state index in [-0.39, 0.29) is 17.7 Å². The molecule has 0 atom stereocenters. The minimum Gasteiger partial charge on any atom is -0.478 e. The van der Waals surface area contributed by atoms with Gasteiger partial charge in [0.15, 0.2) is 0 Å². The smallest absolute Gasteiger partial charge is 0.335 e. The molecule has 13 nitrogen and oxygen atoms in total. The molecule has 8 aromatic carbocycles. The van der Waals surface area contributed by atoms with Crippen molar-refractivity contribution in [1.29, 1.82) is 0 Å². The van der Waals surface area contributed by atoms with Gasteiger partial charge in [-0.3, -0.25) is 24.2 Å². The molecule has 0 spiro atoms. The summed E-state index contributed by atoms with van der Waals surface area (Å²) in [6, 6.07) is 66.8. The van der Waals surface area contributed by atoms with Crippen LogP contribution < -0.4 is 5.32 Å². The number of carbonyl (C=O) groups excluding carboxylic acids is 3. The van der Waals surface area contributed by atoms with Crippen molar-refractivity contribution in [1.82, 2.24) is 29.8 Å². The number of aryl methyl sites for hydroxylation is 3. The molecule has 12 rings (SSSR count). The first-order valence-corrected chi connectivity index (χ1v) is 30.1. The van der Waals surface area contributed by atoms with Crippen LogP contribution in [0.5, 0.6) is 0 Å². The lowest BCUT2D eigenvalue weighted by Crippen LogP contribution is -2.64. The van der Waals surface area contributed by atoms with E-state index < -0.39 is 11.9 Å². The van der Waals surface area contributed by atoms with Crippen molar-refractivity contribution in [3.63, 3.8) is 0 Å². The summed E-state index contributed by atoms with van der Waals surface area (Å²) in [4.78, 5) is 70.1. The number of piperazine rings is 2. The van der Waals surface area contributed by atoms with E-state index in [1.165, 1.54) is 0 Å². The first-order valence-electron chi connectivity index (χ1n) is 28.6. The summed E-state index contributed by atoms with van der Waals surface area (Å²) in [6.07, 6.45) is 0. The quantitative estimate of drug-likeness (QED) is 0.127. The molecule has 438 valence electrons. The Morgan fingerprint density at radius 2 is 0.741 bits per heavy atom. The molecule has 8 aromatic rings. The number of aromatic carboxylic acids is 2. The highest BCUT2D eigenvalue weighted by Crippen LogP contribution is 2.27. The predicted molar refractivity (Wildman–Crippen MR) is 344 cm³/mol. The van der Waals surface area contributed by atoms with Crippen LogP contribution in [0.15, 0.2) is 215 Å². The molecule has 85 heavy (non-hydrogen) atoms. The lowest BCUT2D eigenvalue weighted by Gasteiger charge is -2.48. The number of hydrogen-bond acceptors (Lipinski definition) is 8. The molecule has 4 aliphatic heterocycles. The second-order valence-electron chi connectivity index (χ2n) is 21.2. The average molecular weight is 1270 g/mol. The molecule has 0 aliphatic carbocycles. The number of carbonyl (C=O) groups is 5. The zero-order valence-corrected chi connectivity index (χ0v) is 51.4. The SMILES string of the molecule is Brc1ccccc1.Cc1cc(-c2ccccc2)ccc1C(=O)N1CC(N2CCN(C(=O)c3ccccc3)CC2)C1.Cc1cc(-c2ccccc2)ccc1C(=O)O.Cc1cc(Br)ccc1C(=O)O.O=C(c1ccccc1)N1CCN(C2CNC2)CC1. The van der Waals surface area contributed by atoms with Gasteiger partial charge in [0.2, 0.25) is 0 Å². The second-order valence-corrected chi connectivity index (χ2v) is 23.1. The fraction of sp³-hybridized carbons (Fsp3) is 0.243. The van der Waals surface area contributed by atoms with Crippen molar-refractivity contribution in [2.75, 3.05) is 78.5 Å². The fourth-order valence-electron chi connectivity index (χ4n) is 10.4. The van der Waals surface area contributed by atoms with Crippen LogP contribution in [0.3, 0.4) is 0 Å². The Labute approximate surface area is 515 Å². The van der Waals surface area contributed by atoms with Crippen molar-refractivity contribution in [2.24, 2.45) is 0 Å². The largest absolute Gasteiger partial charge is 0.478 e. The number of carboxylic acids is 2. The van der Waals surface area contributed by atoms with Gasteiger partial charge in [-0.15, -0.1) is 0 Å². The van der Waals surface area contributed by atoms with Crippen molar-refractivity contribution in [3.05, 3.63) is 260 Å². The number of amides is 3. The van der Waals surface area contributed by atoms with Crippen LogP contribution in [0.1, 0.15) is 68.5 Å². The van der Waals surface area contributed by atoms with Crippen LogP contribution in [0, 0.1) is 20.8 Å². The van der Waals surface area contributed by atoms with Crippen molar-refractivity contribution in [3.8, 4) is 22.3 Å². The van der Waals surface area contributed by atoms with Gasteiger partial charge >= 0.3 is 11.9 Å². The molecule has 4 aliphatic rings. The number of halogens is 2. The maximum Gasteiger partial charge on any atom is 0.335 e. The normalized spacial score (nSPS) is 15.0. The Morgan fingerprint density at radius 3 is 1.09 bits per heavy atom. The highest BCUT2D eigenvalue weighted by Gasteiger charge is 2.37. The minimum absolute atomic E-state index is 0.107. The van der Waals surface area contributed by atoms with E-state index in [2.05, 4.69) is 65.2 Å². The molecule has 15 heteroatoms. The minimum atomic E-state index is -0.880. The zero-order valence-electron chi connectivity index (χ0n) is 48.2. The van der Waals surface area contributed by atoms with Crippen molar-refractivity contribution >= 4 is 61.5 Å². The Morgan fingerprint density at radius 1 is 0.376 bits per heavy atom. The maximum absolute atomic E-state index is 13.1. The second kappa shape index (κ2) is 31.2. The molecular weight excluding hydrogens is 1200 g/mol. The van der Waals surface area contributed by atoms with Gasteiger partial charge in [0.1, 0.15) is 0 Å². The number of benzene rings is 8. The summed E-state index contributed by atoms with van der Waals surface area (Å²) in [7, 11) is 0. The van der Waals surface area contributed by atoms with E-state index in [1.54, 1.807) is 31.2 Å². The molecule has 0 unspecified atom stereocenters. The number of hydrogen-bond donors (Lipinski definition) is 3. The topological polar surface area (TPSA) is 154 Å². The summed E-state index contributed by atoms with van der Waals surface area (Å²) in [5.74, 6) is -1.37. The van der Waals surface area contributed by atoms with Crippen LogP contribution in [-0.4, -0.2) is 155 Å². The Hall–Kier alpha value is -8.05. The van der Waals surface area contributed by atoms with Gasteiger partial charge in [-0.2, -0.15) is 0 Å². The summed E-state index contributed by atoms with van der Waals surface area (Å²) in [5.41, 5.74) is 10.1. The first-order chi connectivity index (χ1) is 41.1. The number of likely N-dealkylation sites (tertiary alicyclic amines) is 1. The van der Waals surface area contributed by atoms with E-state index in [9.17, 15) is 24.0 Å². The third kappa shape index (κ3) is 17.8. The molecule has 0 bridgehead atoms. The van der Waals surface area contributed by atoms with Crippen LogP contribution in [0.2, 0.25) is 0 Å². The number of nitrogens with zero attached hydrogens (tertiary/aromatic N) is 5. The number of carboxylic acid groups (broad SMARTS) is 2. The summed E-state index contributed by atoms with van der Waals surface area (Å²) in [5, 5.41) is 20.9. The predicted octanol–water partition coefficient (Wildman–Crippen LogP) is 12.6. The van der Waals surface area contributed by atoms with Crippen LogP contribution in [-0.2, 0) is 0 Å². The molecule has 0 saturated carbocycles. The van der Waals surface area contributed by atoms with E-state index in [0.29, 0.717) is 23.2 Å². The molecule has 3 N–H and O–H groups in total. The van der Waals surface area contributed by atoms with Gasteiger partial charge < -0.3 is 30.2 Å². The maximum atomic E-state index is 13.1. The van der Waals surface area contributed by atoms with Gasteiger partial charge in [-0.25, -0.2) is 9.59 Å². The van der Waals surface area contributed by atoms with Gasteiger partial charge in [-0.05, 0) is 126 Å². The Bertz CT molecular complexity index is 3480. The number of rotatable bonds is 9. The van der Waals surface area contributed by atoms with E-state index in [1.807, 2.05) is 192 Å². The molecule has 4 heterocycles. The Kier molecular flexibility index (Phi) is 23.1. The van der Waals surface area contributed by atoms with Crippen LogP contribution in [0.4, 0.5) is 0 Å². The third-order valence-corrected chi connectivity index (χ3v) is 16.5. The zero-order chi connectivity index (χ0) is 60.2. The number of nitrogens with one attached hydrogen (secondary N) is 1. The Balaban J connectivity index is 0.000000153. The van der Waals surface area contributed by atoms with E-state index in [0.717, 1.165) is 143 Å². The molecular formula is C70H72Br2N6O7. The standard InChI is InChI=1S/C28H29N3O2.C14H19N3O.C14H12O2.C8H7BrO2.C6H5Br/c1-21-18-24(22-8-4-2-5-9-22)12-13-26(21)28(33)31-19-25(20-31)29-14-16-30(17-15-29)27(32)23-10-6-3-7-11-23;18-14(12-4-2-1-3-5-12)17-8-6-16(7-9-17)13-10-15-11-13;1-10-9-12(7-8-13(10)14(15)16)11-5-3-2-4-6-11;1-5-4-6(9)2-3-7(5)8(10)11;7-6-4-2-1-3-5-6/h2-13,18,25H,14-17,19-20H2,1H3;1-5,13,15H,6-11H2;2-9H,1H3,(H,15,16);2-4H,1H3,(H,10,11);1-5H. The van der Waals surface area contributed by atoms with Crippen molar-refractivity contribution < 1.29 is 34.2 Å². The van der Waals surface area contributed by atoms with Gasteiger partial charge in [0.05, 0.1) is 11.1 Å². The highest BCUT2D eigenvalue weighted by molar-refractivity contribution is 9.10. The first kappa shape index (κ1) is 63.0. The lowest BCUT2D eigenvalue weighted by molar-refractivity contribution is 0.00847. The molecule has 4 fully saturated rings.